The number of aromatic nitrogens is 3. The summed E-state index contributed by atoms with van der Waals surface area (Å²) in [7, 11) is 0. The van der Waals surface area contributed by atoms with Gasteiger partial charge in [0.1, 0.15) is 22.7 Å². The molecular weight excluding hydrogens is 160 g/mol. The zero-order valence-electron chi connectivity index (χ0n) is 5.35. The molecule has 0 aliphatic heterocycles. The average molecular weight is 162 g/mol. The molecule has 0 fully saturated rings. The average Bonchev–Trinajstić information content (AvgIpc) is 2.46. The second-order valence-electron chi connectivity index (χ2n) is 1.84. The van der Waals surface area contributed by atoms with E-state index in [0.717, 1.165) is 4.83 Å². The fourth-order valence-corrected chi connectivity index (χ4v) is 1.41. The van der Waals surface area contributed by atoms with E-state index < -0.39 is 0 Å². The highest BCUT2D eigenvalue weighted by atomic mass is 32.1. The van der Waals surface area contributed by atoms with Crippen molar-refractivity contribution in [1.29, 1.82) is 5.26 Å². The summed E-state index contributed by atoms with van der Waals surface area (Å²) in [6, 6.07) is 1.96. The zero-order chi connectivity index (χ0) is 7.68. The van der Waals surface area contributed by atoms with Crippen LogP contribution in [0.1, 0.15) is 5.01 Å². The third-order valence-corrected chi connectivity index (χ3v) is 2.05. The Kier molecular flexibility index (Phi) is 1.27. The molecule has 0 aliphatic carbocycles. The number of nitriles is 1. The molecule has 0 spiro atoms. The van der Waals surface area contributed by atoms with Crippen LogP contribution in [0.25, 0.3) is 10.3 Å². The number of rotatable bonds is 0. The van der Waals surface area contributed by atoms with Crippen LogP contribution in [0.3, 0.4) is 0 Å². The quantitative estimate of drug-likeness (QED) is 0.578. The maximum absolute atomic E-state index is 8.49. The van der Waals surface area contributed by atoms with Crippen LogP contribution >= 0.6 is 11.3 Å². The van der Waals surface area contributed by atoms with Gasteiger partial charge >= 0.3 is 0 Å². The second kappa shape index (κ2) is 2.25. The second-order valence-corrected chi connectivity index (χ2v) is 2.82. The maximum atomic E-state index is 8.49. The Morgan fingerprint density at radius 3 is 3.18 bits per heavy atom. The van der Waals surface area contributed by atoms with Gasteiger partial charge < -0.3 is 0 Å². The van der Waals surface area contributed by atoms with Gasteiger partial charge in [0.2, 0.25) is 0 Å². The van der Waals surface area contributed by atoms with Gasteiger partial charge in [0.15, 0.2) is 5.01 Å². The molecule has 0 saturated heterocycles. The lowest BCUT2D eigenvalue weighted by atomic mass is 10.6. The highest BCUT2D eigenvalue weighted by Crippen LogP contribution is 2.16. The van der Waals surface area contributed by atoms with Crippen molar-refractivity contribution < 1.29 is 0 Å². The summed E-state index contributed by atoms with van der Waals surface area (Å²) in [4.78, 5) is 12.5. The molecule has 5 heteroatoms. The van der Waals surface area contributed by atoms with Crippen LogP contribution in [0, 0.1) is 11.3 Å². The zero-order valence-corrected chi connectivity index (χ0v) is 6.17. The van der Waals surface area contributed by atoms with Crippen molar-refractivity contribution in [2.75, 3.05) is 0 Å². The first kappa shape index (κ1) is 6.19. The highest BCUT2D eigenvalue weighted by Gasteiger charge is 2.01. The van der Waals surface area contributed by atoms with Gasteiger partial charge in [0.25, 0.3) is 0 Å². The molecule has 0 bridgehead atoms. The number of fused-ring (bicyclic) bond motifs is 1. The van der Waals surface area contributed by atoms with Crippen LogP contribution in [0.4, 0.5) is 0 Å². The maximum Gasteiger partial charge on any atom is 0.197 e. The molecule has 0 atom stereocenters. The Hall–Kier alpha value is -1.54. The number of thiazole rings is 1. The molecule has 2 aromatic rings. The van der Waals surface area contributed by atoms with Gasteiger partial charge in [0, 0.05) is 0 Å². The van der Waals surface area contributed by atoms with Gasteiger partial charge in [-0.3, -0.25) is 0 Å². The van der Waals surface area contributed by atoms with E-state index in [9.17, 15) is 0 Å². The predicted molar refractivity (Wildman–Crippen MR) is 39.9 cm³/mol. The summed E-state index contributed by atoms with van der Waals surface area (Å²) in [6.07, 6.45) is 3.04. The fraction of sp³-hybridized carbons (Fsp3) is 0. The molecule has 0 unspecified atom stereocenters. The summed E-state index contributed by atoms with van der Waals surface area (Å²) < 4.78 is 0. The predicted octanol–water partition coefficient (Wildman–Crippen LogP) is 0.958. The minimum Gasteiger partial charge on any atom is -0.242 e. The largest absolute Gasteiger partial charge is 0.242 e. The Bertz CT molecular complexity index is 394. The molecule has 0 saturated carbocycles. The van der Waals surface area contributed by atoms with E-state index in [4.69, 9.17) is 5.26 Å². The molecule has 4 nitrogen and oxygen atoms in total. The Labute approximate surface area is 66.2 Å². The Morgan fingerprint density at radius 1 is 1.55 bits per heavy atom. The molecule has 0 N–H and O–H groups in total. The van der Waals surface area contributed by atoms with Gasteiger partial charge in [-0.15, -0.1) is 0 Å². The third-order valence-electron chi connectivity index (χ3n) is 1.17. The molecule has 0 amide bonds. The van der Waals surface area contributed by atoms with Crippen LogP contribution in [-0.4, -0.2) is 15.0 Å². The van der Waals surface area contributed by atoms with E-state index in [0.29, 0.717) is 10.5 Å². The van der Waals surface area contributed by atoms with Crippen LogP contribution in [0.2, 0.25) is 0 Å². The summed E-state index contributed by atoms with van der Waals surface area (Å²) in [5.41, 5.74) is 0.689. The monoisotopic (exact) mass is 162 g/mol. The van der Waals surface area contributed by atoms with Crippen molar-refractivity contribution >= 4 is 21.7 Å². The molecule has 2 rings (SSSR count). The highest BCUT2D eigenvalue weighted by molar-refractivity contribution is 7.18. The van der Waals surface area contributed by atoms with Crippen molar-refractivity contribution in [3.8, 4) is 6.07 Å². The Morgan fingerprint density at radius 2 is 2.45 bits per heavy atom. The lowest BCUT2D eigenvalue weighted by Crippen LogP contribution is -1.74. The fourth-order valence-electron chi connectivity index (χ4n) is 0.738. The summed E-state index contributed by atoms with van der Waals surface area (Å²) in [6.45, 7) is 0. The normalized spacial score (nSPS) is 9.73. The van der Waals surface area contributed by atoms with Crippen molar-refractivity contribution in [2.24, 2.45) is 0 Å². The summed E-state index contributed by atoms with van der Waals surface area (Å²) >= 11 is 1.27. The van der Waals surface area contributed by atoms with Crippen LogP contribution in [-0.2, 0) is 0 Å². The molecule has 52 valence electrons. The topological polar surface area (TPSA) is 62.5 Å². The minimum atomic E-state index is 0.431. The third kappa shape index (κ3) is 0.932. The van der Waals surface area contributed by atoms with E-state index >= 15 is 0 Å². The van der Waals surface area contributed by atoms with Gasteiger partial charge in [-0.25, -0.2) is 15.0 Å². The van der Waals surface area contributed by atoms with Crippen molar-refractivity contribution in [3.63, 3.8) is 0 Å². The molecule has 11 heavy (non-hydrogen) atoms. The molecule has 2 heterocycles. The Balaban J connectivity index is 2.81. The summed E-state index contributed by atoms with van der Waals surface area (Å²) in [5.74, 6) is 0. The van der Waals surface area contributed by atoms with Gasteiger partial charge in [-0.1, -0.05) is 11.3 Å². The molecule has 0 aromatic carbocycles. The lowest BCUT2D eigenvalue weighted by Gasteiger charge is -1.79. The smallest absolute Gasteiger partial charge is 0.197 e. The summed E-state index contributed by atoms with van der Waals surface area (Å²) in [5, 5.41) is 8.92. The van der Waals surface area contributed by atoms with E-state index in [1.54, 1.807) is 6.20 Å². The van der Waals surface area contributed by atoms with E-state index in [-0.39, 0.29) is 0 Å². The first-order valence-corrected chi connectivity index (χ1v) is 3.68. The van der Waals surface area contributed by atoms with Crippen LogP contribution < -0.4 is 0 Å². The van der Waals surface area contributed by atoms with Crippen LogP contribution in [0.5, 0.6) is 0 Å². The van der Waals surface area contributed by atoms with Crippen LogP contribution in [0.15, 0.2) is 12.5 Å². The standard InChI is InChI=1S/C6H2N4S/c7-1-5-10-4-2-8-3-9-6(4)11-5/h2-3H. The number of hydrogen-bond donors (Lipinski definition) is 0. The van der Waals surface area contributed by atoms with Crippen molar-refractivity contribution in [3.05, 3.63) is 17.5 Å². The SMILES string of the molecule is N#Cc1nc2cncnc2s1. The molecule has 0 aliphatic rings. The number of nitrogens with zero attached hydrogens (tertiary/aromatic N) is 4. The van der Waals surface area contributed by atoms with E-state index in [1.165, 1.54) is 17.7 Å². The van der Waals surface area contributed by atoms with Crippen molar-refractivity contribution in [2.45, 2.75) is 0 Å². The van der Waals surface area contributed by atoms with Gasteiger partial charge in [0.05, 0.1) is 6.20 Å². The minimum absolute atomic E-state index is 0.431. The lowest BCUT2D eigenvalue weighted by molar-refractivity contribution is 1.22. The molecule has 0 radical (unpaired) electrons. The first-order valence-electron chi connectivity index (χ1n) is 2.87. The van der Waals surface area contributed by atoms with E-state index in [1.807, 2.05) is 6.07 Å². The molecular formula is C6H2N4S. The number of hydrogen-bond acceptors (Lipinski definition) is 5. The van der Waals surface area contributed by atoms with Gasteiger partial charge in [-0.2, -0.15) is 5.26 Å². The first-order chi connectivity index (χ1) is 5.40. The molecule has 2 aromatic heterocycles. The van der Waals surface area contributed by atoms with Crippen molar-refractivity contribution in [1.82, 2.24) is 15.0 Å². The van der Waals surface area contributed by atoms with E-state index in [2.05, 4.69) is 15.0 Å². The van der Waals surface area contributed by atoms with Gasteiger partial charge in [-0.05, 0) is 0 Å².